The van der Waals surface area contributed by atoms with Gasteiger partial charge in [-0.1, -0.05) is 0 Å². The van der Waals surface area contributed by atoms with Crippen molar-refractivity contribution in [1.82, 2.24) is 14.7 Å². The van der Waals surface area contributed by atoms with Crippen LogP contribution in [-0.4, -0.2) is 39.4 Å². The van der Waals surface area contributed by atoms with Crippen molar-refractivity contribution in [3.8, 4) is 0 Å². The molecule has 1 aliphatic rings. The van der Waals surface area contributed by atoms with Crippen LogP contribution < -0.4 is 0 Å². The Hall–Kier alpha value is -1.53. The number of alkyl halides is 3. The molecule has 112 valence electrons. The predicted molar refractivity (Wildman–Crippen MR) is 67.0 cm³/mol. The highest BCUT2D eigenvalue weighted by molar-refractivity contribution is 5.77. The Balaban J connectivity index is 2.03. The molecule has 0 N–H and O–H groups in total. The number of aryl methyl sites for hydroxylation is 1. The van der Waals surface area contributed by atoms with Crippen molar-refractivity contribution in [3.05, 3.63) is 18.0 Å². The van der Waals surface area contributed by atoms with Gasteiger partial charge in [-0.05, 0) is 31.7 Å². The number of amides is 1. The van der Waals surface area contributed by atoms with Crippen LogP contribution in [0.1, 0.15) is 31.2 Å². The molecule has 1 atom stereocenters. The molecular formula is C13H18F3N3O. The highest BCUT2D eigenvalue weighted by Gasteiger charge is 2.36. The van der Waals surface area contributed by atoms with Crippen LogP contribution in [0.25, 0.3) is 0 Å². The number of likely N-dealkylation sites (tertiary alicyclic amines) is 1. The minimum absolute atomic E-state index is 0.196. The molecule has 0 radical (unpaired) electrons. The Morgan fingerprint density at radius 1 is 1.45 bits per heavy atom. The van der Waals surface area contributed by atoms with Crippen LogP contribution in [0, 0.1) is 6.92 Å². The van der Waals surface area contributed by atoms with Gasteiger partial charge in [0.05, 0.1) is 18.8 Å². The summed E-state index contributed by atoms with van der Waals surface area (Å²) in [6.07, 6.45) is 0.135. The first kappa shape index (κ1) is 14.9. The van der Waals surface area contributed by atoms with E-state index in [9.17, 15) is 18.0 Å². The van der Waals surface area contributed by atoms with Gasteiger partial charge in [0, 0.05) is 12.7 Å². The zero-order valence-corrected chi connectivity index (χ0v) is 11.4. The zero-order valence-electron chi connectivity index (χ0n) is 11.4. The summed E-state index contributed by atoms with van der Waals surface area (Å²) in [6, 6.07) is -0.196. The summed E-state index contributed by atoms with van der Waals surface area (Å²) in [6.45, 7) is 2.76. The third kappa shape index (κ3) is 3.98. The van der Waals surface area contributed by atoms with Crippen LogP contribution in [0.2, 0.25) is 0 Å². The van der Waals surface area contributed by atoms with E-state index in [0.29, 0.717) is 13.1 Å². The Kier molecular flexibility index (Phi) is 4.35. The van der Waals surface area contributed by atoms with Gasteiger partial charge in [0.1, 0.15) is 6.42 Å². The molecule has 1 aromatic rings. The molecule has 1 aliphatic heterocycles. The molecule has 0 aliphatic carbocycles. The lowest BCUT2D eigenvalue weighted by Gasteiger charge is -2.36. The van der Waals surface area contributed by atoms with Gasteiger partial charge in [-0.25, -0.2) is 0 Å². The topological polar surface area (TPSA) is 38.1 Å². The van der Waals surface area contributed by atoms with E-state index in [1.807, 2.05) is 13.1 Å². The fraction of sp³-hybridized carbons (Fsp3) is 0.692. The number of carbonyl (C=O) groups excluding carboxylic acids is 1. The maximum atomic E-state index is 12.4. The van der Waals surface area contributed by atoms with Crippen molar-refractivity contribution in [2.24, 2.45) is 0 Å². The number of hydrogen-bond acceptors (Lipinski definition) is 2. The SMILES string of the molecule is Cc1cnn(C[C@@H]2CCCCN2C(=O)CC(F)(F)F)c1. The van der Waals surface area contributed by atoms with Crippen molar-refractivity contribution < 1.29 is 18.0 Å². The minimum atomic E-state index is -4.44. The average Bonchev–Trinajstić information content (AvgIpc) is 2.73. The summed E-state index contributed by atoms with van der Waals surface area (Å²) >= 11 is 0. The van der Waals surface area contributed by atoms with Gasteiger partial charge in [0.25, 0.3) is 0 Å². The van der Waals surface area contributed by atoms with Crippen molar-refractivity contribution in [1.29, 1.82) is 0 Å². The number of halogens is 3. The van der Waals surface area contributed by atoms with E-state index in [-0.39, 0.29) is 6.04 Å². The van der Waals surface area contributed by atoms with E-state index < -0.39 is 18.5 Å². The molecule has 0 saturated carbocycles. The van der Waals surface area contributed by atoms with Crippen LogP contribution >= 0.6 is 0 Å². The van der Waals surface area contributed by atoms with Crippen molar-refractivity contribution in [3.63, 3.8) is 0 Å². The van der Waals surface area contributed by atoms with Crippen molar-refractivity contribution >= 4 is 5.91 Å². The second-order valence-electron chi connectivity index (χ2n) is 5.27. The quantitative estimate of drug-likeness (QED) is 0.857. The molecule has 1 aromatic heterocycles. The largest absolute Gasteiger partial charge is 0.397 e. The lowest BCUT2D eigenvalue weighted by Crippen LogP contribution is -2.47. The zero-order chi connectivity index (χ0) is 14.8. The maximum absolute atomic E-state index is 12.4. The van der Waals surface area contributed by atoms with Crippen LogP contribution in [0.3, 0.4) is 0 Å². The first-order valence-corrected chi connectivity index (χ1v) is 6.70. The fourth-order valence-electron chi connectivity index (χ4n) is 2.57. The number of piperidine rings is 1. The van der Waals surface area contributed by atoms with Gasteiger partial charge in [-0.15, -0.1) is 0 Å². The average molecular weight is 289 g/mol. The standard InChI is InChI=1S/C13H18F3N3O/c1-10-7-17-18(8-10)9-11-4-2-3-5-19(11)12(20)6-13(14,15)16/h7-8,11H,2-6,9H2,1H3/t11-/m0/s1. The Morgan fingerprint density at radius 3 is 2.80 bits per heavy atom. The summed E-state index contributed by atoms with van der Waals surface area (Å²) < 4.78 is 38.8. The normalized spacial score (nSPS) is 20.2. The molecule has 0 unspecified atom stereocenters. The van der Waals surface area contributed by atoms with E-state index in [2.05, 4.69) is 5.10 Å². The summed E-state index contributed by atoms with van der Waals surface area (Å²) in [4.78, 5) is 13.2. The number of carbonyl (C=O) groups is 1. The van der Waals surface area contributed by atoms with Gasteiger partial charge in [-0.2, -0.15) is 18.3 Å². The van der Waals surface area contributed by atoms with E-state index in [4.69, 9.17) is 0 Å². The molecule has 20 heavy (non-hydrogen) atoms. The van der Waals surface area contributed by atoms with E-state index in [1.54, 1.807) is 10.9 Å². The second kappa shape index (κ2) is 5.85. The second-order valence-corrected chi connectivity index (χ2v) is 5.27. The first-order chi connectivity index (χ1) is 9.35. The molecule has 2 heterocycles. The van der Waals surface area contributed by atoms with Crippen LogP contribution in [0.4, 0.5) is 13.2 Å². The van der Waals surface area contributed by atoms with Gasteiger partial charge in [0.2, 0.25) is 5.91 Å². The van der Waals surface area contributed by atoms with Gasteiger partial charge in [0.15, 0.2) is 0 Å². The number of hydrogen-bond donors (Lipinski definition) is 0. The number of nitrogens with zero attached hydrogens (tertiary/aromatic N) is 3. The lowest BCUT2D eigenvalue weighted by molar-refractivity contribution is -0.164. The molecule has 0 aromatic carbocycles. The highest BCUT2D eigenvalue weighted by atomic mass is 19.4. The molecule has 1 fully saturated rings. The van der Waals surface area contributed by atoms with E-state index in [0.717, 1.165) is 24.8 Å². The Labute approximate surface area is 115 Å². The molecule has 0 spiro atoms. The van der Waals surface area contributed by atoms with Crippen molar-refractivity contribution in [2.45, 2.75) is 51.4 Å². The highest BCUT2D eigenvalue weighted by Crippen LogP contribution is 2.25. The van der Waals surface area contributed by atoms with Gasteiger partial charge in [-0.3, -0.25) is 9.48 Å². The summed E-state index contributed by atoms with van der Waals surface area (Å²) in [7, 11) is 0. The lowest BCUT2D eigenvalue weighted by atomic mass is 10.0. The third-order valence-corrected chi connectivity index (χ3v) is 3.46. The third-order valence-electron chi connectivity index (χ3n) is 3.46. The molecule has 4 nitrogen and oxygen atoms in total. The van der Waals surface area contributed by atoms with Crippen LogP contribution in [-0.2, 0) is 11.3 Å². The summed E-state index contributed by atoms with van der Waals surface area (Å²) in [5, 5.41) is 4.13. The Bertz CT molecular complexity index is 470. The Morgan fingerprint density at radius 2 is 2.20 bits per heavy atom. The van der Waals surface area contributed by atoms with E-state index in [1.165, 1.54) is 4.90 Å². The smallest absolute Gasteiger partial charge is 0.338 e. The molecule has 1 saturated heterocycles. The number of aromatic nitrogens is 2. The van der Waals surface area contributed by atoms with Crippen LogP contribution in [0.15, 0.2) is 12.4 Å². The first-order valence-electron chi connectivity index (χ1n) is 6.70. The summed E-state index contributed by atoms with van der Waals surface area (Å²) in [5.41, 5.74) is 0.994. The van der Waals surface area contributed by atoms with Gasteiger partial charge >= 0.3 is 6.18 Å². The van der Waals surface area contributed by atoms with Crippen molar-refractivity contribution in [2.75, 3.05) is 6.54 Å². The monoisotopic (exact) mass is 289 g/mol. The van der Waals surface area contributed by atoms with Crippen LogP contribution in [0.5, 0.6) is 0 Å². The fourth-order valence-corrected chi connectivity index (χ4v) is 2.57. The summed E-state index contributed by atoms with van der Waals surface area (Å²) in [5.74, 6) is -0.828. The maximum Gasteiger partial charge on any atom is 0.397 e. The molecule has 1 amide bonds. The minimum Gasteiger partial charge on any atom is -0.338 e. The number of rotatable bonds is 3. The molecule has 7 heteroatoms. The van der Waals surface area contributed by atoms with Gasteiger partial charge < -0.3 is 4.90 Å². The molecule has 0 bridgehead atoms. The predicted octanol–water partition coefficient (Wildman–Crippen LogP) is 2.53. The molecular weight excluding hydrogens is 271 g/mol. The van der Waals surface area contributed by atoms with E-state index >= 15 is 0 Å². The molecule has 2 rings (SSSR count).